The molecule has 2 saturated heterocycles. The minimum absolute atomic E-state index is 0.165. The average Bonchev–Trinajstić information content (AvgIpc) is 2.81. The first-order chi connectivity index (χ1) is 8.08. The van der Waals surface area contributed by atoms with Gasteiger partial charge in [-0.25, -0.2) is 0 Å². The summed E-state index contributed by atoms with van der Waals surface area (Å²) in [7, 11) is 0. The number of aliphatic hydroxyl groups excluding tert-OH is 1. The van der Waals surface area contributed by atoms with Crippen molar-refractivity contribution in [2.45, 2.75) is 37.3 Å². The quantitative estimate of drug-likeness (QED) is 0.608. The lowest BCUT2D eigenvalue weighted by atomic mass is 10.1. The molecule has 0 aromatic heterocycles. The lowest BCUT2D eigenvalue weighted by Gasteiger charge is -2.16. The predicted molar refractivity (Wildman–Crippen MR) is 52.2 cm³/mol. The van der Waals surface area contributed by atoms with Gasteiger partial charge in [0.1, 0.15) is 18.3 Å². The van der Waals surface area contributed by atoms with Gasteiger partial charge in [0.2, 0.25) is 0 Å². The fourth-order valence-electron chi connectivity index (χ4n) is 1.98. The maximum Gasteiger partial charge on any atom is 0.306 e. The monoisotopic (exact) mass is 246 g/mol. The van der Waals surface area contributed by atoms with E-state index in [-0.39, 0.29) is 26.1 Å². The van der Waals surface area contributed by atoms with Gasteiger partial charge < -0.3 is 24.4 Å². The molecule has 96 valence electrons. The number of fused-ring (bicyclic) bond motifs is 1. The number of carbonyl (C=O) groups excluding carboxylic acids is 1. The van der Waals surface area contributed by atoms with Crippen LogP contribution >= 0.6 is 0 Å². The van der Waals surface area contributed by atoms with Gasteiger partial charge in [0, 0.05) is 0 Å². The molecule has 17 heavy (non-hydrogen) atoms. The fraction of sp³-hybridized carbons (Fsp3) is 0.800. The minimum atomic E-state index is -1.05. The normalized spacial score (nSPS) is 35.6. The highest BCUT2D eigenvalue weighted by Crippen LogP contribution is 2.28. The fourth-order valence-corrected chi connectivity index (χ4v) is 1.98. The maximum atomic E-state index is 11.3. The highest BCUT2D eigenvalue weighted by atomic mass is 16.6. The Labute approximate surface area is 97.3 Å². The van der Waals surface area contributed by atoms with Gasteiger partial charge in [0.15, 0.2) is 6.10 Å². The number of aliphatic hydroxyl groups is 1. The van der Waals surface area contributed by atoms with Gasteiger partial charge >= 0.3 is 11.9 Å². The molecule has 0 amide bonds. The number of hydrogen-bond donors (Lipinski definition) is 2. The molecule has 0 aliphatic carbocycles. The predicted octanol–water partition coefficient (Wildman–Crippen LogP) is -1.08. The van der Waals surface area contributed by atoms with E-state index in [9.17, 15) is 14.7 Å². The van der Waals surface area contributed by atoms with Crippen LogP contribution in [0.5, 0.6) is 0 Å². The van der Waals surface area contributed by atoms with Crippen LogP contribution < -0.4 is 0 Å². The van der Waals surface area contributed by atoms with Crippen LogP contribution in [0.1, 0.15) is 12.8 Å². The Hall–Kier alpha value is -1.18. The lowest BCUT2D eigenvalue weighted by molar-refractivity contribution is -0.156. The molecule has 2 fully saturated rings. The second-order valence-corrected chi connectivity index (χ2v) is 4.09. The molecular formula is C10H14O7. The van der Waals surface area contributed by atoms with Crippen molar-refractivity contribution in [3.8, 4) is 0 Å². The summed E-state index contributed by atoms with van der Waals surface area (Å²) in [4.78, 5) is 21.6. The van der Waals surface area contributed by atoms with Crippen molar-refractivity contribution in [3.63, 3.8) is 0 Å². The molecule has 2 aliphatic rings. The van der Waals surface area contributed by atoms with Crippen molar-refractivity contribution in [1.82, 2.24) is 0 Å². The number of ether oxygens (including phenoxy) is 3. The molecule has 0 spiro atoms. The summed E-state index contributed by atoms with van der Waals surface area (Å²) in [5, 5.41) is 17.9. The van der Waals surface area contributed by atoms with E-state index < -0.39 is 36.4 Å². The maximum absolute atomic E-state index is 11.3. The van der Waals surface area contributed by atoms with Gasteiger partial charge in [-0.1, -0.05) is 0 Å². The van der Waals surface area contributed by atoms with Crippen molar-refractivity contribution < 1.29 is 34.0 Å². The van der Waals surface area contributed by atoms with Crippen molar-refractivity contribution in [1.29, 1.82) is 0 Å². The summed E-state index contributed by atoms with van der Waals surface area (Å²) >= 11 is 0. The van der Waals surface area contributed by atoms with Crippen LogP contribution in [0.25, 0.3) is 0 Å². The molecular weight excluding hydrogens is 232 g/mol. The smallest absolute Gasteiger partial charge is 0.306 e. The van der Waals surface area contributed by atoms with E-state index in [0.717, 1.165) is 0 Å². The summed E-state index contributed by atoms with van der Waals surface area (Å²) in [6, 6.07) is 0. The first-order valence-electron chi connectivity index (χ1n) is 5.40. The highest BCUT2D eigenvalue weighted by Gasteiger charge is 2.48. The Bertz CT molecular complexity index is 316. The van der Waals surface area contributed by atoms with Gasteiger partial charge in [-0.05, 0) is 0 Å². The molecule has 2 aliphatic heterocycles. The molecule has 7 nitrogen and oxygen atoms in total. The number of esters is 1. The van der Waals surface area contributed by atoms with E-state index in [1.54, 1.807) is 0 Å². The second-order valence-electron chi connectivity index (χ2n) is 4.09. The van der Waals surface area contributed by atoms with E-state index >= 15 is 0 Å². The molecule has 2 rings (SSSR count). The zero-order valence-corrected chi connectivity index (χ0v) is 9.07. The minimum Gasteiger partial charge on any atom is -0.481 e. The third-order valence-electron chi connectivity index (χ3n) is 2.81. The Morgan fingerprint density at radius 2 is 1.88 bits per heavy atom. The summed E-state index contributed by atoms with van der Waals surface area (Å²) < 4.78 is 15.6. The number of aliphatic carboxylic acids is 1. The molecule has 0 radical (unpaired) electrons. The van der Waals surface area contributed by atoms with Crippen LogP contribution in [0.2, 0.25) is 0 Å². The van der Waals surface area contributed by atoms with Gasteiger partial charge in [-0.3, -0.25) is 9.59 Å². The Balaban J connectivity index is 1.80. The van der Waals surface area contributed by atoms with Gasteiger partial charge in [-0.2, -0.15) is 0 Å². The van der Waals surface area contributed by atoms with Crippen molar-refractivity contribution in [3.05, 3.63) is 0 Å². The first-order valence-corrected chi connectivity index (χ1v) is 5.40. The van der Waals surface area contributed by atoms with Crippen LogP contribution in [-0.4, -0.2) is 59.8 Å². The number of carbonyl (C=O) groups is 2. The van der Waals surface area contributed by atoms with Crippen LogP contribution in [0, 0.1) is 0 Å². The number of rotatable bonds is 4. The summed E-state index contributed by atoms with van der Waals surface area (Å²) in [6.45, 7) is 0.337. The van der Waals surface area contributed by atoms with Crippen LogP contribution in [-0.2, 0) is 23.8 Å². The standard InChI is InChI=1S/C10H14O7/c11-5-3-15-10-6(4-16-9(5)10)17-8(14)2-1-7(12)13/h5-6,9-11H,1-4H2,(H,12,13)/t5-,6+,9-,10-/m1/s1. The largest absolute Gasteiger partial charge is 0.481 e. The zero-order valence-electron chi connectivity index (χ0n) is 9.07. The van der Waals surface area contributed by atoms with E-state index in [1.807, 2.05) is 0 Å². The highest BCUT2D eigenvalue weighted by molar-refractivity contribution is 5.76. The van der Waals surface area contributed by atoms with E-state index in [4.69, 9.17) is 19.3 Å². The van der Waals surface area contributed by atoms with Crippen LogP contribution in [0.3, 0.4) is 0 Å². The van der Waals surface area contributed by atoms with Crippen molar-refractivity contribution >= 4 is 11.9 Å². The summed E-state index contributed by atoms with van der Waals surface area (Å²) in [6.07, 6.45) is -2.58. The van der Waals surface area contributed by atoms with Crippen LogP contribution in [0.15, 0.2) is 0 Å². The molecule has 0 aromatic carbocycles. The number of carboxylic acids is 1. The Kier molecular flexibility index (Phi) is 3.60. The third-order valence-corrected chi connectivity index (χ3v) is 2.81. The molecule has 0 aromatic rings. The van der Waals surface area contributed by atoms with Gasteiger partial charge in [-0.15, -0.1) is 0 Å². The molecule has 2 N–H and O–H groups in total. The van der Waals surface area contributed by atoms with Crippen molar-refractivity contribution in [2.24, 2.45) is 0 Å². The second kappa shape index (κ2) is 4.99. The van der Waals surface area contributed by atoms with Gasteiger partial charge in [0.05, 0.1) is 26.1 Å². The molecule has 0 unspecified atom stereocenters. The zero-order chi connectivity index (χ0) is 12.4. The van der Waals surface area contributed by atoms with Gasteiger partial charge in [0.25, 0.3) is 0 Å². The van der Waals surface area contributed by atoms with Crippen molar-refractivity contribution in [2.75, 3.05) is 13.2 Å². The Morgan fingerprint density at radius 3 is 2.59 bits per heavy atom. The molecule has 4 atom stereocenters. The van der Waals surface area contributed by atoms with Crippen LogP contribution in [0.4, 0.5) is 0 Å². The third kappa shape index (κ3) is 2.74. The topological polar surface area (TPSA) is 102 Å². The summed E-state index contributed by atoms with van der Waals surface area (Å²) in [5.74, 6) is -1.64. The van der Waals surface area contributed by atoms with E-state index in [2.05, 4.69) is 0 Å². The Morgan fingerprint density at radius 1 is 1.18 bits per heavy atom. The summed E-state index contributed by atoms with van der Waals surface area (Å²) in [5.41, 5.74) is 0. The average molecular weight is 246 g/mol. The molecule has 7 heteroatoms. The van der Waals surface area contributed by atoms with E-state index in [1.165, 1.54) is 0 Å². The SMILES string of the molecule is O=C(O)CCC(=O)O[C@H]1CO[C@H]2[C@@H]1OC[C@H]2O. The molecule has 0 bridgehead atoms. The number of hydrogen-bond acceptors (Lipinski definition) is 6. The molecule has 2 heterocycles. The lowest BCUT2D eigenvalue weighted by Crippen LogP contribution is -2.34. The number of carboxylic acid groups (broad SMARTS) is 1. The molecule has 0 saturated carbocycles. The first kappa shape index (κ1) is 12.3. The van der Waals surface area contributed by atoms with E-state index in [0.29, 0.717) is 0 Å².